The molecule has 14 heteroatoms. The Morgan fingerprint density at radius 1 is 1.15 bits per heavy atom. The number of halogens is 1. The molecule has 12 nitrogen and oxygen atoms in total. The first kappa shape index (κ1) is 35.1. The van der Waals surface area contributed by atoms with Gasteiger partial charge in [0.2, 0.25) is 5.60 Å². The highest BCUT2D eigenvalue weighted by Crippen LogP contribution is 2.41. The third-order valence-corrected chi connectivity index (χ3v) is 13.0. The molecule has 4 heterocycles. The van der Waals surface area contributed by atoms with E-state index in [2.05, 4.69) is 18.4 Å². The monoisotopic (exact) mass is 697 g/mol. The second-order valence-corrected chi connectivity index (χ2v) is 19.0. The Kier molecular flexibility index (Phi) is 9.50. The van der Waals surface area contributed by atoms with E-state index in [1.165, 1.54) is 6.92 Å². The van der Waals surface area contributed by atoms with Crippen LogP contribution in [0.3, 0.4) is 0 Å². The van der Waals surface area contributed by atoms with Gasteiger partial charge in [-0.3, -0.25) is 14.4 Å². The van der Waals surface area contributed by atoms with Crippen LogP contribution in [0.15, 0.2) is 29.1 Å². The standard InChI is InChI=1S/C34H40ClN3O9Si/c1-8-34(46-27(40)10-9-13-36-32(43)47-33(3,4)5)24-15-26-28-22(16-38(26)30(41)23(24)17-44-31(34)42)29(48(6,7)18-35)21-14-20(45-19(2)39)11-12-25(21)37-28/h11-12,14-15H,8-10,13,16-18H2,1-7H3,(H,36,43)/t34-/m0/s1. The van der Waals surface area contributed by atoms with Crippen LogP contribution >= 0.6 is 11.6 Å². The zero-order valence-electron chi connectivity index (χ0n) is 28.2. The maximum Gasteiger partial charge on any atom is 0.407 e. The number of hydrogen-bond donors (Lipinski definition) is 1. The molecule has 0 saturated heterocycles. The van der Waals surface area contributed by atoms with Gasteiger partial charge in [-0.25, -0.2) is 14.6 Å². The number of hydrogen-bond acceptors (Lipinski definition) is 10. The molecule has 0 aliphatic carbocycles. The van der Waals surface area contributed by atoms with Crippen molar-refractivity contribution in [1.29, 1.82) is 0 Å². The predicted octanol–water partition coefficient (Wildman–Crippen LogP) is 4.55. The van der Waals surface area contributed by atoms with Gasteiger partial charge in [-0.1, -0.05) is 20.0 Å². The second-order valence-electron chi connectivity index (χ2n) is 13.7. The molecular formula is C34H40ClN3O9Si. The van der Waals surface area contributed by atoms with E-state index in [0.717, 1.165) is 16.1 Å². The SMILES string of the molecule is CC[C@@]1(OC(=O)CCCNC(=O)OC(C)(C)C)C(=O)OCc2c1cc1n(c2=O)Cc2c-1nc1ccc(OC(C)=O)cc1c2[Si](C)(C)CCl. The molecule has 0 saturated carbocycles. The van der Waals surface area contributed by atoms with E-state index < -0.39 is 43.3 Å². The lowest BCUT2D eigenvalue weighted by Gasteiger charge is -2.35. The van der Waals surface area contributed by atoms with Crippen LogP contribution in [0.5, 0.6) is 5.75 Å². The average Bonchev–Trinajstić information content (AvgIpc) is 3.36. The summed E-state index contributed by atoms with van der Waals surface area (Å²) in [5.41, 5.74) is 0.553. The summed E-state index contributed by atoms with van der Waals surface area (Å²) in [5, 5.41) is 4.39. The minimum absolute atomic E-state index is 0.0258. The van der Waals surface area contributed by atoms with Crippen LogP contribution in [0.4, 0.5) is 4.79 Å². The Morgan fingerprint density at radius 2 is 1.88 bits per heavy atom. The van der Waals surface area contributed by atoms with Crippen molar-refractivity contribution in [3.8, 4) is 17.1 Å². The van der Waals surface area contributed by atoms with Gasteiger partial charge in [-0.05, 0) is 68.6 Å². The van der Waals surface area contributed by atoms with E-state index >= 15 is 0 Å². The topological polar surface area (TPSA) is 152 Å². The molecule has 48 heavy (non-hydrogen) atoms. The fourth-order valence-electron chi connectivity index (χ4n) is 6.27. The van der Waals surface area contributed by atoms with Crippen molar-refractivity contribution >= 4 is 59.8 Å². The summed E-state index contributed by atoms with van der Waals surface area (Å²) in [7, 11) is -2.34. The zero-order valence-corrected chi connectivity index (χ0v) is 30.0. The summed E-state index contributed by atoms with van der Waals surface area (Å²) >= 11 is 6.57. The Morgan fingerprint density at radius 3 is 2.52 bits per heavy atom. The first-order valence-corrected chi connectivity index (χ1v) is 19.6. The number of esters is 3. The number of nitrogens with one attached hydrogen (secondary N) is 1. The minimum atomic E-state index is -2.34. The van der Waals surface area contributed by atoms with Crippen molar-refractivity contribution in [3.63, 3.8) is 0 Å². The molecular weight excluding hydrogens is 658 g/mol. The van der Waals surface area contributed by atoms with Crippen molar-refractivity contribution in [1.82, 2.24) is 14.9 Å². The molecule has 2 aliphatic rings. The lowest BCUT2D eigenvalue weighted by atomic mass is 9.85. The third kappa shape index (κ3) is 6.57. The van der Waals surface area contributed by atoms with Crippen LogP contribution in [0.2, 0.25) is 13.1 Å². The summed E-state index contributed by atoms with van der Waals surface area (Å²) < 4.78 is 23.6. The van der Waals surface area contributed by atoms with Crippen molar-refractivity contribution in [2.45, 2.75) is 91.3 Å². The average molecular weight is 698 g/mol. The molecule has 5 rings (SSSR count). The van der Waals surface area contributed by atoms with E-state index in [1.54, 1.807) is 56.5 Å². The first-order valence-electron chi connectivity index (χ1n) is 15.9. The number of carbonyl (C=O) groups excluding carboxylic acids is 4. The second kappa shape index (κ2) is 13.0. The summed E-state index contributed by atoms with van der Waals surface area (Å²) in [6.07, 6.45) is -0.444. The predicted molar refractivity (Wildman–Crippen MR) is 181 cm³/mol. The number of rotatable bonds is 9. The van der Waals surface area contributed by atoms with Gasteiger partial charge in [-0.2, -0.15) is 0 Å². The Labute approximate surface area is 284 Å². The van der Waals surface area contributed by atoms with E-state index in [0.29, 0.717) is 28.2 Å². The minimum Gasteiger partial charge on any atom is -0.457 e. The molecule has 0 spiro atoms. The Hall–Kier alpha value is -4.23. The molecule has 0 radical (unpaired) electrons. The van der Waals surface area contributed by atoms with Gasteiger partial charge < -0.3 is 28.8 Å². The molecule has 1 atom stereocenters. The smallest absolute Gasteiger partial charge is 0.407 e. The van der Waals surface area contributed by atoms with Gasteiger partial charge in [0.05, 0.1) is 37.1 Å². The summed E-state index contributed by atoms with van der Waals surface area (Å²) in [6, 6.07) is 6.93. The molecule has 3 aromatic rings. The number of alkyl carbamates (subject to hydrolysis) is 1. The number of fused-ring (bicyclic) bond motifs is 5. The van der Waals surface area contributed by atoms with Crippen molar-refractivity contribution in [2.75, 3.05) is 12.0 Å². The molecule has 1 aromatic carbocycles. The van der Waals surface area contributed by atoms with Crippen molar-refractivity contribution in [3.05, 3.63) is 51.3 Å². The number of aromatic nitrogens is 2. The van der Waals surface area contributed by atoms with Gasteiger partial charge in [0.25, 0.3) is 5.56 Å². The third-order valence-electron chi connectivity index (χ3n) is 8.41. The number of cyclic esters (lactones) is 1. The molecule has 0 fully saturated rings. The van der Waals surface area contributed by atoms with Gasteiger partial charge in [0, 0.05) is 36.3 Å². The largest absolute Gasteiger partial charge is 0.457 e. The number of alkyl halides is 1. The highest BCUT2D eigenvalue weighted by Gasteiger charge is 2.50. The van der Waals surface area contributed by atoms with Crippen molar-refractivity contribution in [2.24, 2.45) is 0 Å². The highest BCUT2D eigenvalue weighted by molar-refractivity contribution is 6.95. The lowest BCUT2D eigenvalue weighted by Crippen LogP contribution is -2.47. The fourth-order valence-corrected chi connectivity index (χ4v) is 8.75. The molecule has 256 valence electrons. The van der Waals surface area contributed by atoms with Gasteiger partial charge in [-0.15, -0.1) is 11.6 Å². The van der Waals surface area contributed by atoms with Crippen LogP contribution in [-0.2, 0) is 47.3 Å². The van der Waals surface area contributed by atoms with Gasteiger partial charge in [0.15, 0.2) is 0 Å². The van der Waals surface area contributed by atoms with Crippen LogP contribution < -0.4 is 20.8 Å². The molecule has 0 unspecified atom stereocenters. The number of pyridine rings is 2. The number of benzene rings is 1. The Balaban J connectivity index is 1.54. The van der Waals surface area contributed by atoms with E-state index in [9.17, 15) is 24.0 Å². The molecule has 2 aliphatic heterocycles. The molecule has 1 N–H and O–H groups in total. The number of amides is 1. The van der Waals surface area contributed by atoms with Crippen LogP contribution in [0.25, 0.3) is 22.3 Å². The number of ether oxygens (including phenoxy) is 4. The fraction of sp³-hybridized carbons (Fsp3) is 0.471. The lowest BCUT2D eigenvalue weighted by molar-refractivity contribution is -0.189. The maximum atomic E-state index is 14.1. The van der Waals surface area contributed by atoms with E-state index in [1.807, 2.05) is 0 Å². The van der Waals surface area contributed by atoms with E-state index in [-0.39, 0.29) is 55.6 Å². The molecule has 1 amide bonds. The van der Waals surface area contributed by atoms with Crippen LogP contribution in [0, 0.1) is 0 Å². The summed E-state index contributed by atoms with van der Waals surface area (Å²) in [5.74, 6) is -1.51. The summed E-state index contributed by atoms with van der Waals surface area (Å²) in [4.78, 5) is 69.3. The quantitative estimate of drug-likeness (QED) is 0.0658. The van der Waals surface area contributed by atoms with E-state index in [4.69, 9.17) is 35.5 Å². The van der Waals surface area contributed by atoms with Gasteiger partial charge >= 0.3 is 24.0 Å². The maximum absolute atomic E-state index is 14.1. The molecule has 0 bridgehead atoms. The normalized spacial score (nSPS) is 16.8. The first-order chi connectivity index (χ1) is 22.5. The van der Waals surface area contributed by atoms with Crippen LogP contribution in [0.1, 0.15) is 70.6 Å². The Bertz CT molecular complexity index is 1900. The number of carbonyl (C=O) groups is 4. The van der Waals surface area contributed by atoms with Gasteiger partial charge in [0.1, 0.15) is 18.0 Å². The highest BCUT2D eigenvalue weighted by atomic mass is 35.5. The number of nitrogens with zero attached hydrogens (tertiary/aromatic N) is 2. The molecule has 2 aromatic heterocycles. The van der Waals surface area contributed by atoms with Crippen molar-refractivity contribution < 1.29 is 38.1 Å². The summed E-state index contributed by atoms with van der Waals surface area (Å²) in [6.45, 7) is 12.6. The zero-order chi connectivity index (χ0) is 35.2. The van der Waals surface area contributed by atoms with Crippen LogP contribution in [-0.4, -0.2) is 59.3 Å².